The highest BCUT2D eigenvalue weighted by Gasteiger charge is 2.12. The van der Waals surface area contributed by atoms with Crippen molar-refractivity contribution in [3.8, 4) is 0 Å². The molecule has 0 aliphatic carbocycles. The first-order chi connectivity index (χ1) is 7.21. The smallest absolute Gasteiger partial charge is 0.175 e. The van der Waals surface area contributed by atoms with Crippen molar-refractivity contribution in [3.63, 3.8) is 0 Å². The van der Waals surface area contributed by atoms with Crippen molar-refractivity contribution in [2.75, 3.05) is 6.26 Å². The van der Waals surface area contributed by atoms with E-state index in [1.807, 2.05) is 13.8 Å². The van der Waals surface area contributed by atoms with Crippen LogP contribution in [0.1, 0.15) is 23.6 Å². The van der Waals surface area contributed by atoms with E-state index in [0.717, 1.165) is 16.7 Å². The number of benzene rings is 1. The van der Waals surface area contributed by atoms with Crippen LogP contribution in [0, 0.1) is 13.8 Å². The monoisotopic (exact) mass is 242 g/mol. The number of aryl methyl sites for hydroxylation is 1. The van der Waals surface area contributed by atoms with Crippen molar-refractivity contribution < 1.29 is 13.5 Å². The molecular weight excluding hydrogens is 224 g/mol. The lowest BCUT2D eigenvalue weighted by atomic mass is 9.99. The molecule has 1 N–H and O–H groups in total. The molecular formula is C12H18O3S. The lowest BCUT2D eigenvalue weighted by Gasteiger charge is -2.12. The van der Waals surface area contributed by atoms with Crippen LogP contribution in [0.25, 0.3) is 0 Å². The lowest BCUT2D eigenvalue weighted by molar-refractivity contribution is 0.195. The summed E-state index contributed by atoms with van der Waals surface area (Å²) in [6.07, 6.45) is 1.21. The first kappa shape index (κ1) is 13.2. The third-order valence-electron chi connectivity index (χ3n) is 2.69. The lowest BCUT2D eigenvalue weighted by Crippen LogP contribution is -2.08. The summed E-state index contributed by atoms with van der Waals surface area (Å²) in [5.74, 6) is 0. The molecule has 3 nitrogen and oxygen atoms in total. The fraction of sp³-hybridized carbons (Fsp3) is 0.500. The minimum atomic E-state index is -3.18. The Kier molecular flexibility index (Phi) is 3.76. The number of aliphatic hydroxyl groups is 1. The molecule has 0 spiro atoms. The van der Waals surface area contributed by atoms with Crippen molar-refractivity contribution >= 4 is 9.84 Å². The Bertz CT molecular complexity index is 487. The molecule has 16 heavy (non-hydrogen) atoms. The van der Waals surface area contributed by atoms with E-state index in [4.69, 9.17) is 0 Å². The molecule has 0 aliphatic heterocycles. The first-order valence-corrected chi connectivity index (χ1v) is 7.09. The standard InChI is InChI=1S/C12H18O3S/c1-8-5-12(16(4,14)15)7-11(10(8)3)6-9(2)13/h5,7,9,13H,6H2,1-4H3. The molecule has 0 heterocycles. The van der Waals surface area contributed by atoms with E-state index in [2.05, 4.69) is 0 Å². The van der Waals surface area contributed by atoms with Crippen LogP contribution >= 0.6 is 0 Å². The van der Waals surface area contributed by atoms with Gasteiger partial charge in [-0.25, -0.2) is 8.42 Å². The second kappa shape index (κ2) is 4.55. The molecule has 0 amide bonds. The van der Waals surface area contributed by atoms with Gasteiger partial charge in [0.15, 0.2) is 9.84 Å². The average Bonchev–Trinajstić information content (AvgIpc) is 2.10. The third kappa shape index (κ3) is 3.06. The predicted molar refractivity (Wildman–Crippen MR) is 64.4 cm³/mol. The SMILES string of the molecule is Cc1cc(S(C)(=O)=O)cc(CC(C)O)c1C. The molecule has 0 aliphatic rings. The van der Waals surface area contributed by atoms with E-state index in [1.54, 1.807) is 19.1 Å². The summed E-state index contributed by atoms with van der Waals surface area (Å²) in [7, 11) is -3.18. The van der Waals surface area contributed by atoms with Gasteiger partial charge in [0.25, 0.3) is 0 Å². The fourth-order valence-corrected chi connectivity index (χ4v) is 2.39. The summed E-state index contributed by atoms with van der Waals surface area (Å²) in [6.45, 7) is 5.52. The molecule has 0 bridgehead atoms. The van der Waals surface area contributed by atoms with E-state index in [0.29, 0.717) is 11.3 Å². The van der Waals surface area contributed by atoms with Gasteiger partial charge in [-0.3, -0.25) is 0 Å². The summed E-state index contributed by atoms with van der Waals surface area (Å²) < 4.78 is 22.9. The van der Waals surface area contributed by atoms with Gasteiger partial charge in [0.2, 0.25) is 0 Å². The van der Waals surface area contributed by atoms with Crippen LogP contribution in [-0.2, 0) is 16.3 Å². The zero-order valence-corrected chi connectivity index (χ0v) is 10.9. The number of hydrogen-bond donors (Lipinski definition) is 1. The van der Waals surface area contributed by atoms with Crippen LogP contribution in [0.4, 0.5) is 0 Å². The Morgan fingerprint density at radius 3 is 2.31 bits per heavy atom. The minimum absolute atomic E-state index is 0.325. The molecule has 0 aromatic heterocycles. The van der Waals surface area contributed by atoms with Crippen LogP contribution in [0.3, 0.4) is 0 Å². The average molecular weight is 242 g/mol. The Morgan fingerprint density at radius 2 is 1.88 bits per heavy atom. The number of sulfone groups is 1. The van der Waals surface area contributed by atoms with E-state index >= 15 is 0 Å². The fourth-order valence-electron chi connectivity index (χ4n) is 1.64. The van der Waals surface area contributed by atoms with Crippen molar-refractivity contribution in [3.05, 3.63) is 28.8 Å². The highest BCUT2D eigenvalue weighted by molar-refractivity contribution is 7.90. The van der Waals surface area contributed by atoms with Crippen molar-refractivity contribution in [1.29, 1.82) is 0 Å². The first-order valence-electron chi connectivity index (χ1n) is 5.20. The maximum atomic E-state index is 11.5. The Balaban J connectivity index is 3.33. The van der Waals surface area contributed by atoms with Crippen molar-refractivity contribution in [1.82, 2.24) is 0 Å². The van der Waals surface area contributed by atoms with Gasteiger partial charge in [0.1, 0.15) is 0 Å². The third-order valence-corrected chi connectivity index (χ3v) is 3.78. The molecule has 1 aromatic carbocycles. The van der Waals surface area contributed by atoms with Crippen molar-refractivity contribution in [2.45, 2.75) is 38.2 Å². The molecule has 0 fully saturated rings. The normalized spacial score (nSPS) is 13.8. The molecule has 1 rings (SSSR count). The van der Waals surface area contributed by atoms with Gasteiger partial charge >= 0.3 is 0 Å². The van der Waals surface area contributed by atoms with Crippen LogP contribution in [0.2, 0.25) is 0 Å². The summed E-state index contributed by atoms with van der Waals surface area (Å²) in [5, 5.41) is 9.37. The number of hydrogen-bond acceptors (Lipinski definition) is 3. The number of rotatable bonds is 3. The molecule has 1 unspecified atom stereocenters. The largest absolute Gasteiger partial charge is 0.393 e. The minimum Gasteiger partial charge on any atom is -0.393 e. The Labute approximate surface area is 97.0 Å². The van der Waals surface area contributed by atoms with Crippen LogP contribution in [0.5, 0.6) is 0 Å². The van der Waals surface area contributed by atoms with E-state index in [1.165, 1.54) is 6.26 Å². The van der Waals surface area contributed by atoms with Gasteiger partial charge in [-0.2, -0.15) is 0 Å². The highest BCUT2D eigenvalue weighted by atomic mass is 32.2. The zero-order chi connectivity index (χ0) is 12.5. The quantitative estimate of drug-likeness (QED) is 0.876. The zero-order valence-electron chi connectivity index (χ0n) is 10.1. The summed E-state index contributed by atoms with van der Waals surface area (Å²) in [5.41, 5.74) is 2.89. The maximum absolute atomic E-state index is 11.5. The molecule has 0 saturated carbocycles. The molecule has 90 valence electrons. The van der Waals surface area contributed by atoms with Gasteiger partial charge in [0.05, 0.1) is 11.0 Å². The molecule has 0 radical (unpaired) electrons. The second-order valence-electron chi connectivity index (χ2n) is 4.35. The van der Waals surface area contributed by atoms with Gasteiger partial charge in [-0.05, 0) is 56.0 Å². The molecule has 0 saturated heterocycles. The van der Waals surface area contributed by atoms with Crippen LogP contribution < -0.4 is 0 Å². The van der Waals surface area contributed by atoms with Gasteiger partial charge in [0, 0.05) is 6.26 Å². The van der Waals surface area contributed by atoms with E-state index < -0.39 is 15.9 Å². The summed E-state index contributed by atoms with van der Waals surface area (Å²) in [6, 6.07) is 3.33. The molecule has 1 atom stereocenters. The van der Waals surface area contributed by atoms with Crippen molar-refractivity contribution in [2.24, 2.45) is 0 Å². The maximum Gasteiger partial charge on any atom is 0.175 e. The van der Waals surface area contributed by atoms with E-state index in [9.17, 15) is 13.5 Å². The summed E-state index contributed by atoms with van der Waals surface area (Å²) >= 11 is 0. The highest BCUT2D eigenvalue weighted by Crippen LogP contribution is 2.21. The molecule has 4 heteroatoms. The topological polar surface area (TPSA) is 54.4 Å². The summed E-state index contributed by atoms with van der Waals surface area (Å²) in [4.78, 5) is 0.325. The second-order valence-corrected chi connectivity index (χ2v) is 6.37. The number of aliphatic hydroxyl groups excluding tert-OH is 1. The van der Waals surface area contributed by atoms with E-state index in [-0.39, 0.29) is 0 Å². The molecule has 1 aromatic rings. The van der Waals surface area contributed by atoms with Crippen LogP contribution in [-0.4, -0.2) is 25.9 Å². The van der Waals surface area contributed by atoms with Gasteiger partial charge < -0.3 is 5.11 Å². The Morgan fingerprint density at radius 1 is 1.31 bits per heavy atom. The predicted octanol–water partition coefficient (Wildman–Crippen LogP) is 1.63. The van der Waals surface area contributed by atoms with Gasteiger partial charge in [-0.15, -0.1) is 0 Å². The Hall–Kier alpha value is -0.870. The van der Waals surface area contributed by atoms with Crippen LogP contribution in [0.15, 0.2) is 17.0 Å². The van der Waals surface area contributed by atoms with Gasteiger partial charge in [-0.1, -0.05) is 0 Å².